The molecular weight excluding hydrogens is 256 g/mol. The van der Waals surface area contributed by atoms with E-state index < -0.39 is 0 Å². The van der Waals surface area contributed by atoms with Gasteiger partial charge in [-0.3, -0.25) is 4.90 Å². The van der Waals surface area contributed by atoms with Crippen LogP contribution < -0.4 is 5.32 Å². The van der Waals surface area contributed by atoms with Gasteiger partial charge in [-0.05, 0) is 63.9 Å². The maximum atomic E-state index is 3.31. The van der Waals surface area contributed by atoms with Gasteiger partial charge in [0.1, 0.15) is 0 Å². The molecule has 1 N–H and O–H groups in total. The fraction of sp³-hybridized carbons (Fsp3) is 0.625. The third-order valence-corrected chi connectivity index (χ3v) is 3.99. The van der Waals surface area contributed by atoms with Crippen molar-refractivity contribution in [2.75, 3.05) is 26.7 Å². The molecule has 1 saturated heterocycles. The summed E-state index contributed by atoms with van der Waals surface area (Å²) in [6.07, 6.45) is 2.72. The maximum Gasteiger partial charge on any atom is 0.0236 e. The van der Waals surface area contributed by atoms with Gasteiger partial charge in [0.25, 0.3) is 0 Å². The zero-order chi connectivity index (χ0) is 13.0. The van der Waals surface area contributed by atoms with Crippen LogP contribution in [0.3, 0.4) is 0 Å². The molecule has 1 unspecified atom stereocenters. The highest BCUT2D eigenvalue weighted by atomic mass is 35.5. The summed E-state index contributed by atoms with van der Waals surface area (Å²) in [6.45, 7) is 9.18. The van der Waals surface area contributed by atoms with Crippen LogP contribution in [0.1, 0.15) is 29.5 Å². The van der Waals surface area contributed by atoms with Gasteiger partial charge in [0.15, 0.2) is 0 Å². The third kappa shape index (κ3) is 4.79. The lowest BCUT2D eigenvalue weighted by atomic mass is 9.97. The molecule has 3 heteroatoms. The van der Waals surface area contributed by atoms with Gasteiger partial charge in [-0.2, -0.15) is 0 Å². The Balaban J connectivity index is 0.00000180. The topological polar surface area (TPSA) is 15.3 Å². The van der Waals surface area contributed by atoms with E-state index in [-0.39, 0.29) is 12.4 Å². The lowest BCUT2D eigenvalue weighted by molar-refractivity contribution is 0.166. The van der Waals surface area contributed by atoms with E-state index in [4.69, 9.17) is 0 Å². The predicted octanol–water partition coefficient (Wildman–Crippen LogP) is 3.16. The highest BCUT2D eigenvalue weighted by Crippen LogP contribution is 2.19. The zero-order valence-electron chi connectivity index (χ0n) is 12.4. The van der Waals surface area contributed by atoms with E-state index in [9.17, 15) is 0 Å². The molecule has 0 amide bonds. The first-order valence-corrected chi connectivity index (χ1v) is 7.12. The zero-order valence-corrected chi connectivity index (χ0v) is 13.2. The number of rotatable bonds is 4. The fourth-order valence-corrected chi connectivity index (χ4v) is 3.01. The van der Waals surface area contributed by atoms with Crippen molar-refractivity contribution in [3.8, 4) is 0 Å². The van der Waals surface area contributed by atoms with Gasteiger partial charge in [0.2, 0.25) is 0 Å². The Labute approximate surface area is 124 Å². The van der Waals surface area contributed by atoms with E-state index in [1.807, 2.05) is 0 Å². The number of piperidine rings is 1. The number of hydrogen-bond donors (Lipinski definition) is 1. The summed E-state index contributed by atoms with van der Waals surface area (Å²) in [7, 11) is 2.06. The molecular formula is C16H27ClN2. The molecule has 1 aliphatic heterocycles. The van der Waals surface area contributed by atoms with Crippen LogP contribution in [0.25, 0.3) is 0 Å². The van der Waals surface area contributed by atoms with Crippen molar-refractivity contribution >= 4 is 12.4 Å². The maximum absolute atomic E-state index is 3.31. The summed E-state index contributed by atoms with van der Waals surface area (Å²) in [5, 5.41) is 3.31. The number of likely N-dealkylation sites (tertiary alicyclic amines) is 1. The average Bonchev–Trinajstić information content (AvgIpc) is 2.34. The van der Waals surface area contributed by atoms with Crippen LogP contribution in [0.15, 0.2) is 18.2 Å². The van der Waals surface area contributed by atoms with Crippen molar-refractivity contribution in [1.29, 1.82) is 0 Å². The van der Waals surface area contributed by atoms with Crippen LogP contribution in [-0.4, -0.2) is 31.6 Å². The van der Waals surface area contributed by atoms with E-state index in [0.717, 1.165) is 19.0 Å². The molecule has 2 rings (SSSR count). The van der Waals surface area contributed by atoms with Gasteiger partial charge in [-0.25, -0.2) is 0 Å². The SMILES string of the molecule is CNCC1CCCN(Cc2ccc(C)cc2C)C1.Cl. The summed E-state index contributed by atoms with van der Waals surface area (Å²) in [6, 6.07) is 6.83. The highest BCUT2D eigenvalue weighted by Gasteiger charge is 2.19. The van der Waals surface area contributed by atoms with Gasteiger partial charge in [0.05, 0.1) is 0 Å². The summed E-state index contributed by atoms with van der Waals surface area (Å²) in [5.41, 5.74) is 4.29. The normalized spacial score (nSPS) is 20.1. The highest BCUT2D eigenvalue weighted by molar-refractivity contribution is 5.85. The Morgan fingerprint density at radius 2 is 2.11 bits per heavy atom. The van der Waals surface area contributed by atoms with Gasteiger partial charge < -0.3 is 5.32 Å². The summed E-state index contributed by atoms with van der Waals surface area (Å²) in [4.78, 5) is 2.61. The first-order chi connectivity index (χ1) is 8.69. The Morgan fingerprint density at radius 1 is 1.32 bits per heavy atom. The molecule has 1 aliphatic rings. The first kappa shape index (κ1) is 16.5. The van der Waals surface area contributed by atoms with E-state index in [1.165, 1.54) is 42.6 Å². The van der Waals surface area contributed by atoms with E-state index >= 15 is 0 Å². The second kappa shape index (κ2) is 7.88. The number of halogens is 1. The van der Waals surface area contributed by atoms with Crippen LogP contribution >= 0.6 is 12.4 Å². The minimum atomic E-state index is 0. The molecule has 19 heavy (non-hydrogen) atoms. The lowest BCUT2D eigenvalue weighted by Crippen LogP contribution is -2.38. The largest absolute Gasteiger partial charge is 0.319 e. The minimum Gasteiger partial charge on any atom is -0.319 e. The smallest absolute Gasteiger partial charge is 0.0236 e. The second-order valence-electron chi connectivity index (χ2n) is 5.73. The molecule has 0 bridgehead atoms. The third-order valence-electron chi connectivity index (χ3n) is 3.99. The number of hydrogen-bond acceptors (Lipinski definition) is 2. The summed E-state index contributed by atoms with van der Waals surface area (Å²) in [5.74, 6) is 0.828. The Morgan fingerprint density at radius 3 is 2.79 bits per heavy atom. The summed E-state index contributed by atoms with van der Waals surface area (Å²) < 4.78 is 0. The van der Waals surface area contributed by atoms with Gasteiger partial charge in [-0.1, -0.05) is 23.8 Å². The molecule has 1 fully saturated rings. The van der Waals surface area contributed by atoms with Crippen molar-refractivity contribution in [2.45, 2.75) is 33.2 Å². The lowest BCUT2D eigenvalue weighted by Gasteiger charge is -2.33. The first-order valence-electron chi connectivity index (χ1n) is 7.12. The molecule has 108 valence electrons. The molecule has 0 radical (unpaired) electrons. The van der Waals surface area contributed by atoms with Crippen LogP contribution in [0.5, 0.6) is 0 Å². The van der Waals surface area contributed by atoms with E-state index in [2.05, 4.69) is 49.3 Å². The van der Waals surface area contributed by atoms with E-state index in [1.54, 1.807) is 0 Å². The number of nitrogens with one attached hydrogen (secondary N) is 1. The van der Waals surface area contributed by atoms with Gasteiger partial charge >= 0.3 is 0 Å². The fourth-order valence-electron chi connectivity index (χ4n) is 3.01. The molecule has 0 saturated carbocycles. The second-order valence-corrected chi connectivity index (χ2v) is 5.73. The molecule has 0 spiro atoms. The van der Waals surface area contributed by atoms with Crippen LogP contribution in [0.4, 0.5) is 0 Å². The van der Waals surface area contributed by atoms with Gasteiger partial charge in [-0.15, -0.1) is 12.4 Å². The molecule has 1 atom stereocenters. The molecule has 2 nitrogen and oxygen atoms in total. The Kier molecular flexibility index (Phi) is 6.84. The van der Waals surface area contributed by atoms with Crippen molar-refractivity contribution in [3.05, 3.63) is 34.9 Å². The standard InChI is InChI=1S/C16H26N2.ClH/c1-13-6-7-16(14(2)9-13)12-18-8-4-5-15(11-18)10-17-3;/h6-7,9,15,17H,4-5,8,10-12H2,1-3H3;1H. The van der Waals surface area contributed by atoms with Crippen molar-refractivity contribution in [1.82, 2.24) is 10.2 Å². The minimum absolute atomic E-state index is 0. The number of nitrogens with zero attached hydrogens (tertiary/aromatic N) is 1. The molecule has 1 heterocycles. The monoisotopic (exact) mass is 282 g/mol. The van der Waals surface area contributed by atoms with Crippen molar-refractivity contribution in [2.24, 2.45) is 5.92 Å². The van der Waals surface area contributed by atoms with Crippen LogP contribution in [0.2, 0.25) is 0 Å². The number of aryl methyl sites for hydroxylation is 2. The van der Waals surface area contributed by atoms with Crippen LogP contribution in [0, 0.1) is 19.8 Å². The van der Waals surface area contributed by atoms with Crippen molar-refractivity contribution in [3.63, 3.8) is 0 Å². The Hall–Kier alpha value is -0.570. The molecule has 0 aliphatic carbocycles. The quantitative estimate of drug-likeness (QED) is 0.913. The van der Waals surface area contributed by atoms with Crippen molar-refractivity contribution < 1.29 is 0 Å². The predicted molar refractivity (Wildman–Crippen MR) is 85.1 cm³/mol. The molecule has 1 aromatic rings. The van der Waals surface area contributed by atoms with Gasteiger partial charge in [0, 0.05) is 13.1 Å². The van der Waals surface area contributed by atoms with E-state index in [0.29, 0.717) is 0 Å². The summed E-state index contributed by atoms with van der Waals surface area (Å²) >= 11 is 0. The average molecular weight is 283 g/mol. The molecule has 1 aromatic carbocycles. The molecule has 0 aromatic heterocycles. The van der Waals surface area contributed by atoms with Crippen LogP contribution in [-0.2, 0) is 6.54 Å². The Bertz CT molecular complexity index is 390. The number of benzene rings is 1.